The van der Waals surface area contributed by atoms with Gasteiger partial charge in [0.15, 0.2) is 10.9 Å². The molecule has 1 aromatic heterocycles. The molecule has 2 heterocycles. The Labute approximate surface area is 197 Å². The minimum Gasteiger partial charge on any atom is -0.343 e. The summed E-state index contributed by atoms with van der Waals surface area (Å²) in [6.45, 7) is 0. The monoisotopic (exact) mass is 478 g/mol. The van der Waals surface area contributed by atoms with Crippen LogP contribution in [0.15, 0.2) is 69.8 Å². The Balaban J connectivity index is 1.59. The highest BCUT2D eigenvalue weighted by molar-refractivity contribution is 7.98. The number of hydrogen-bond acceptors (Lipinski definition) is 7. The van der Waals surface area contributed by atoms with Crippen molar-refractivity contribution in [2.75, 3.05) is 5.32 Å². The lowest BCUT2D eigenvalue weighted by atomic mass is 9.76. The zero-order chi connectivity index (χ0) is 23.8. The first-order chi connectivity index (χ1) is 16.4. The predicted octanol–water partition coefficient (Wildman–Crippen LogP) is 4.67. The van der Waals surface area contributed by atoms with Gasteiger partial charge in [-0.3, -0.25) is 19.7 Å². The second-order valence-corrected chi connectivity index (χ2v) is 9.06. The maximum absolute atomic E-state index is 14.0. The normalized spacial score (nSPS) is 17.1. The molecule has 5 rings (SSSR count). The number of Topliss-reactive ketones (excluding diaryl/α,β-unsaturated/α-hetero) is 1. The number of allylic oxidation sites excluding steroid dienone is 2. The van der Waals surface area contributed by atoms with Crippen LogP contribution in [0.25, 0.3) is 0 Å². The number of halogens is 1. The van der Waals surface area contributed by atoms with E-state index in [4.69, 9.17) is 0 Å². The number of nitrogens with one attached hydrogen (secondary N) is 2. The van der Waals surface area contributed by atoms with Gasteiger partial charge in [0.2, 0.25) is 0 Å². The van der Waals surface area contributed by atoms with E-state index in [1.807, 2.05) is 0 Å². The second-order valence-electron chi connectivity index (χ2n) is 8.09. The van der Waals surface area contributed by atoms with Crippen LogP contribution in [0, 0.1) is 15.9 Å². The van der Waals surface area contributed by atoms with Crippen molar-refractivity contribution in [2.45, 2.75) is 36.1 Å². The Kier molecular flexibility index (Phi) is 5.74. The summed E-state index contributed by atoms with van der Waals surface area (Å²) < 4.78 is 14.0. The number of carbonyl (C=O) groups is 1. The maximum atomic E-state index is 14.0. The molecular formula is C24H19FN4O4S. The predicted molar refractivity (Wildman–Crippen MR) is 125 cm³/mol. The van der Waals surface area contributed by atoms with Gasteiger partial charge in [-0.25, -0.2) is 9.37 Å². The van der Waals surface area contributed by atoms with Gasteiger partial charge in [0, 0.05) is 41.5 Å². The van der Waals surface area contributed by atoms with Crippen molar-refractivity contribution in [1.29, 1.82) is 0 Å². The van der Waals surface area contributed by atoms with Gasteiger partial charge in [0.1, 0.15) is 11.6 Å². The molecule has 3 aromatic rings. The summed E-state index contributed by atoms with van der Waals surface area (Å²) >= 11 is 1.19. The van der Waals surface area contributed by atoms with Crippen molar-refractivity contribution < 1.29 is 14.1 Å². The number of carbonyl (C=O) groups excluding carboxylic acids is 1. The van der Waals surface area contributed by atoms with Crippen LogP contribution in [-0.4, -0.2) is 20.7 Å². The lowest BCUT2D eigenvalue weighted by Crippen LogP contribution is -2.32. The second kappa shape index (κ2) is 8.86. The molecule has 0 radical (unpaired) electrons. The SMILES string of the molecule is O=C1CCCC2=C1[C@H](c1cccc([N+](=O)[O-])c1)c1c(nc(SCc3ccccc3F)[nH]c1=O)N2. The van der Waals surface area contributed by atoms with Crippen LogP contribution in [0.5, 0.6) is 0 Å². The van der Waals surface area contributed by atoms with Crippen molar-refractivity contribution >= 4 is 29.1 Å². The Morgan fingerprint density at radius 3 is 2.76 bits per heavy atom. The van der Waals surface area contributed by atoms with Crippen LogP contribution in [-0.2, 0) is 10.5 Å². The van der Waals surface area contributed by atoms with Crippen molar-refractivity contribution in [1.82, 2.24) is 9.97 Å². The zero-order valence-electron chi connectivity index (χ0n) is 17.8. The minimum absolute atomic E-state index is 0.0895. The molecule has 10 heteroatoms. The summed E-state index contributed by atoms with van der Waals surface area (Å²) in [6.07, 6.45) is 1.63. The van der Waals surface area contributed by atoms with E-state index in [9.17, 15) is 24.1 Å². The molecule has 0 saturated carbocycles. The van der Waals surface area contributed by atoms with Crippen LogP contribution in [0.4, 0.5) is 15.9 Å². The topological polar surface area (TPSA) is 118 Å². The third-order valence-electron chi connectivity index (χ3n) is 5.97. The molecule has 0 spiro atoms. The van der Waals surface area contributed by atoms with E-state index in [0.29, 0.717) is 52.6 Å². The van der Waals surface area contributed by atoms with Crippen molar-refractivity contribution in [2.24, 2.45) is 0 Å². The van der Waals surface area contributed by atoms with Crippen LogP contribution < -0.4 is 10.9 Å². The highest BCUT2D eigenvalue weighted by Crippen LogP contribution is 2.44. The molecule has 34 heavy (non-hydrogen) atoms. The highest BCUT2D eigenvalue weighted by Gasteiger charge is 2.38. The minimum atomic E-state index is -0.763. The first-order valence-electron chi connectivity index (χ1n) is 10.7. The number of nitro benzene ring substituents is 1. The number of nitro groups is 1. The first kappa shape index (κ1) is 22.0. The van der Waals surface area contributed by atoms with Crippen molar-refractivity contribution in [3.05, 3.63) is 103 Å². The van der Waals surface area contributed by atoms with Gasteiger partial charge >= 0.3 is 0 Å². The Morgan fingerprint density at radius 2 is 1.97 bits per heavy atom. The fourth-order valence-electron chi connectivity index (χ4n) is 4.42. The third kappa shape index (κ3) is 4.01. The Morgan fingerprint density at radius 1 is 1.15 bits per heavy atom. The lowest BCUT2D eigenvalue weighted by molar-refractivity contribution is -0.384. The first-order valence-corrected chi connectivity index (χ1v) is 11.7. The molecule has 172 valence electrons. The number of ketones is 1. The molecule has 1 aliphatic heterocycles. The summed E-state index contributed by atoms with van der Waals surface area (Å²) in [5, 5.41) is 14.8. The van der Waals surface area contributed by atoms with Crippen molar-refractivity contribution in [3.63, 3.8) is 0 Å². The van der Waals surface area contributed by atoms with Gasteiger partial charge in [-0.05, 0) is 30.0 Å². The number of hydrogen-bond donors (Lipinski definition) is 2. The number of H-pyrrole nitrogens is 1. The molecule has 0 bridgehead atoms. The van der Waals surface area contributed by atoms with E-state index >= 15 is 0 Å². The van der Waals surface area contributed by atoms with Crippen molar-refractivity contribution in [3.8, 4) is 0 Å². The molecule has 0 fully saturated rings. The average Bonchev–Trinajstić information content (AvgIpc) is 2.82. The standard InChI is InChI=1S/C24H19FN4O4S/c25-16-8-2-1-5-14(16)12-34-24-27-22-21(23(31)28-24)19(13-6-3-7-15(11-13)29(32)33)20-17(26-22)9-4-10-18(20)30/h1-3,5-8,11,19H,4,9-10,12H2,(H2,26,27,28,31)/t19-/m0/s1. The lowest BCUT2D eigenvalue weighted by Gasteiger charge is -2.32. The van der Waals surface area contributed by atoms with Crippen LogP contribution in [0.2, 0.25) is 0 Å². The quantitative estimate of drug-likeness (QED) is 0.237. The summed E-state index contributed by atoms with van der Waals surface area (Å²) in [7, 11) is 0. The number of aromatic amines is 1. The maximum Gasteiger partial charge on any atom is 0.269 e. The fourth-order valence-corrected chi connectivity index (χ4v) is 5.27. The zero-order valence-corrected chi connectivity index (χ0v) is 18.7. The number of fused-ring (bicyclic) bond motifs is 1. The van der Waals surface area contributed by atoms with Gasteiger partial charge in [-0.1, -0.05) is 42.1 Å². The Hall–Kier alpha value is -3.79. The summed E-state index contributed by atoms with van der Waals surface area (Å²) in [5.74, 6) is -0.608. The number of nitrogens with zero attached hydrogens (tertiary/aromatic N) is 2. The van der Waals surface area contributed by atoms with Gasteiger partial charge in [0.05, 0.1) is 10.5 Å². The number of rotatable bonds is 5. The summed E-state index contributed by atoms with van der Waals surface area (Å²) in [5.41, 5.74) is 1.78. The molecule has 0 amide bonds. The number of aromatic nitrogens is 2. The van der Waals surface area contributed by atoms with Gasteiger partial charge in [0.25, 0.3) is 11.2 Å². The summed E-state index contributed by atoms with van der Waals surface area (Å²) in [6, 6.07) is 12.4. The van der Waals surface area contributed by atoms with E-state index < -0.39 is 16.4 Å². The van der Waals surface area contributed by atoms with E-state index in [2.05, 4.69) is 15.3 Å². The van der Waals surface area contributed by atoms with Gasteiger partial charge in [-0.2, -0.15) is 0 Å². The molecule has 8 nitrogen and oxygen atoms in total. The van der Waals surface area contributed by atoms with E-state index in [0.717, 1.165) is 0 Å². The molecule has 1 aliphatic carbocycles. The van der Waals surface area contributed by atoms with E-state index in [-0.39, 0.29) is 28.6 Å². The molecule has 2 aromatic carbocycles. The van der Waals surface area contributed by atoms with Crippen LogP contribution >= 0.6 is 11.8 Å². The van der Waals surface area contributed by atoms with Crippen LogP contribution in [0.3, 0.4) is 0 Å². The largest absolute Gasteiger partial charge is 0.343 e. The smallest absolute Gasteiger partial charge is 0.269 e. The fraction of sp³-hybridized carbons (Fsp3) is 0.208. The van der Waals surface area contributed by atoms with Gasteiger partial charge < -0.3 is 10.3 Å². The highest BCUT2D eigenvalue weighted by atomic mass is 32.2. The van der Waals surface area contributed by atoms with E-state index in [1.165, 1.54) is 30.0 Å². The molecule has 0 unspecified atom stereocenters. The molecular weight excluding hydrogens is 459 g/mol. The van der Waals surface area contributed by atoms with Crippen LogP contribution in [0.1, 0.15) is 41.9 Å². The molecule has 1 atom stereocenters. The number of non-ortho nitro benzene ring substituents is 1. The molecule has 2 aliphatic rings. The Bertz CT molecular complexity index is 1420. The molecule has 2 N–H and O–H groups in total. The molecule has 0 saturated heterocycles. The average molecular weight is 479 g/mol. The number of benzene rings is 2. The summed E-state index contributed by atoms with van der Waals surface area (Å²) in [4.78, 5) is 44.3. The van der Waals surface area contributed by atoms with Gasteiger partial charge in [-0.15, -0.1) is 0 Å². The van der Waals surface area contributed by atoms with E-state index in [1.54, 1.807) is 30.3 Å². The number of thioether (sulfide) groups is 1. The number of anilines is 1. The third-order valence-corrected chi connectivity index (χ3v) is 6.90.